The van der Waals surface area contributed by atoms with Gasteiger partial charge in [-0.05, 0) is 31.9 Å². The number of carbonyl (C=O) groups excluding carboxylic acids is 1. The molecule has 1 amide bonds. The van der Waals surface area contributed by atoms with E-state index in [9.17, 15) is 4.79 Å². The van der Waals surface area contributed by atoms with Gasteiger partial charge in [0.05, 0.1) is 0 Å². The maximum Gasteiger partial charge on any atom is 0.237 e. The first-order valence-electron chi connectivity index (χ1n) is 7.28. The van der Waals surface area contributed by atoms with Gasteiger partial charge in [-0.1, -0.05) is 30.3 Å². The van der Waals surface area contributed by atoms with E-state index in [0.29, 0.717) is 6.04 Å². The molecule has 0 aromatic heterocycles. The molecule has 1 heterocycles. The van der Waals surface area contributed by atoms with E-state index in [1.165, 1.54) is 12.0 Å². The van der Waals surface area contributed by atoms with Gasteiger partial charge in [-0.3, -0.25) is 4.79 Å². The second kappa shape index (κ2) is 7.65. The average molecular weight is 295 g/mol. The van der Waals surface area contributed by atoms with E-state index in [1.54, 1.807) is 0 Å². The molecule has 0 bridgehead atoms. The van der Waals surface area contributed by atoms with Crippen molar-refractivity contribution in [1.29, 1.82) is 0 Å². The third kappa shape index (κ3) is 4.22. The zero-order valence-corrected chi connectivity index (χ0v) is 12.9. The summed E-state index contributed by atoms with van der Waals surface area (Å²) in [5, 5.41) is 0. The van der Waals surface area contributed by atoms with Crippen molar-refractivity contribution in [2.75, 3.05) is 26.0 Å². The van der Waals surface area contributed by atoms with Crippen LogP contribution >= 0.6 is 11.6 Å². The summed E-state index contributed by atoms with van der Waals surface area (Å²) in [5.41, 5.74) is 1.31. The van der Waals surface area contributed by atoms with Crippen LogP contribution in [0.4, 0.5) is 0 Å². The molecule has 1 aliphatic heterocycles. The van der Waals surface area contributed by atoms with Crippen LogP contribution in [0.25, 0.3) is 0 Å². The molecule has 0 radical (unpaired) electrons. The molecule has 0 aliphatic carbocycles. The number of alkyl halides is 1. The summed E-state index contributed by atoms with van der Waals surface area (Å²) >= 11 is 5.71. The number of hydrogen-bond donors (Lipinski definition) is 0. The Morgan fingerprint density at radius 1 is 1.35 bits per heavy atom. The Morgan fingerprint density at radius 2 is 2.10 bits per heavy atom. The molecule has 20 heavy (non-hydrogen) atoms. The molecule has 4 heteroatoms. The molecular formula is C16H23ClN2O. The van der Waals surface area contributed by atoms with Crippen LogP contribution in [0.5, 0.6) is 0 Å². The SMILES string of the molecule is CN(Cc1ccccc1)C[C@@H]1CCCCN1C(=O)CCl. The van der Waals surface area contributed by atoms with E-state index in [-0.39, 0.29) is 11.8 Å². The van der Waals surface area contributed by atoms with Gasteiger partial charge in [-0.15, -0.1) is 11.6 Å². The average Bonchev–Trinajstić information content (AvgIpc) is 2.48. The Kier molecular flexibility index (Phi) is 5.86. The van der Waals surface area contributed by atoms with E-state index in [4.69, 9.17) is 11.6 Å². The maximum absolute atomic E-state index is 11.9. The number of piperidine rings is 1. The number of benzene rings is 1. The van der Waals surface area contributed by atoms with Gasteiger partial charge < -0.3 is 9.80 Å². The highest BCUT2D eigenvalue weighted by Gasteiger charge is 2.26. The lowest BCUT2D eigenvalue weighted by atomic mass is 10.0. The van der Waals surface area contributed by atoms with Crippen LogP contribution in [-0.2, 0) is 11.3 Å². The fourth-order valence-electron chi connectivity index (χ4n) is 2.91. The van der Waals surface area contributed by atoms with Gasteiger partial charge in [0.25, 0.3) is 0 Å². The first kappa shape index (κ1) is 15.3. The van der Waals surface area contributed by atoms with E-state index >= 15 is 0 Å². The van der Waals surface area contributed by atoms with Crippen molar-refractivity contribution in [3.8, 4) is 0 Å². The van der Waals surface area contributed by atoms with Crippen molar-refractivity contribution in [3.05, 3.63) is 35.9 Å². The number of rotatable bonds is 5. The molecule has 1 aromatic rings. The summed E-state index contributed by atoms with van der Waals surface area (Å²) in [5.74, 6) is 0.170. The Bertz CT molecular complexity index is 424. The normalized spacial score (nSPS) is 19.4. The third-order valence-electron chi connectivity index (χ3n) is 3.88. The van der Waals surface area contributed by atoms with Gasteiger partial charge >= 0.3 is 0 Å². The standard InChI is InChI=1S/C16H23ClN2O/c1-18(12-14-7-3-2-4-8-14)13-15-9-5-6-10-19(15)16(20)11-17/h2-4,7-8,15H,5-6,9-13H2,1H3/t15-/m0/s1. The molecule has 1 atom stereocenters. The number of carbonyl (C=O) groups is 1. The zero-order chi connectivity index (χ0) is 14.4. The second-order valence-electron chi connectivity index (χ2n) is 5.55. The molecule has 110 valence electrons. The molecule has 0 unspecified atom stereocenters. The minimum Gasteiger partial charge on any atom is -0.337 e. The van der Waals surface area contributed by atoms with Gasteiger partial charge in [-0.2, -0.15) is 0 Å². The van der Waals surface area contributed by atoms with Crippen LogP contribution < -0.4 is 0 Å². The smallest absolute Gasteiger partial charge is 0.237 e. The van der Waals surface area contributed by atoms with Crippen LogP contribution in [0.1, 0.15) is 24.8 Å². The van der Waals surface area contributed by atoms with Crippen molar-refractivity contribution >= 4 is 17.5 Å². The third-order valence-corrected chi connectivity index (χ3v) is 4.11. The summed E-state index contributed by atoms with van der Waals surface area (Å²) in [7, 11) is 2.12. The number of amides is 1. The second-order valence-corrected chi connectivity index (χ2v) is 5.82. The number of hydrogen-bond acceptors (Lipinski definition) is 2. The van der Waals surface area contributed by atoms with Crippen molar-refractivity contribution in [2.45, 2.75) is 31.8 Å². The Hall–Kier alpha value is -1.06. The van der Waals surface area contributed by atoms with Gasteiger partial charge in [0, 0.05) is 25.7 Å². The largest absolute Gasteiger partial charge is 0.337 e. The molecule has 1 aliphatic rings. The Balaban J connectivity index is 1.91. The number of nitrogens with zero attached hydrogens (tertiary/aromatic N) is 2. The van der Waals surface area contributed by atoms with E-state index in [2.05, 4.69) is 36.2 Å². The van der Waals surface area contributed by atoms with Crippen LogP contribution in [-0.4, -0.2) is 47.8 Å². The van der Waals surface area contributed by atoms with Crippen LogP contribution in [0, 0.1) is 0 Å². The van der Waals surface area contributed by atoms with E-state index in [0.717, 1.165) is 32.5 Å². The Labute approximate surface area is 126 Å². The molecule has 1 fully saturated rings. The molecule has 2 rings (SSSR count). The minimum absolute atomic E-state index is 0.0736. The lowest BCUT2D eigenvalue weighted by Gasteiger charge is -2.37. The molecule has 3 nitrogen and oxygen atoms in total. The molecule has 1 saturated heterocycles. The predicted octanol–water partition coefficient (Wildman–Crippen LogP) is 2.74. The molecule has 0 N–H and O–H groups in total. The van der Waals surface area contributed by atoms with Gasteiger partial charge in [0.2, 0.25) is 5.91 Å². The van der Waals surface area contributed by atoms with E-state index < -0.39 is 0 Å². The van der Waals surface area contributed by atoms with Crippen molar-refractivity contribution < 1.29 is 4.79 Å². The summed E-state index contributed by atoms with van der Waals surface area (Å²) in [6.07, 6.45) is 3.39. The van der Waals surface area contributed by atoms with Crippen LogP contribution in [0.15, 0.2) is 30.3 Å². The van der Waals surface area contributed by atoms with Crippen LogP contribution in [0.2, 0.25) is 0 Å². The van der Waals surface area contributed by atoms with Gasteiger partial charge in [-0.25, -0.2) is 0 Å². The zero-order valence-electron chi connectivity index (χ0n) is 12.1. The predicted molar refractivity (Wildman–Crippen MR) is 82.8 cm³/mol. The van der Waals surface area contributed by atoms with Crippen LogP contribution in [0.3, 0.4) is 0 Å². The fraction of sp³-hybridized carbons (Fsp3) is 0.562. The summed E-state index contributed by atoms with van der Waals surface area (Å²) in [6, 6.07) is 10.7. The van der Waals surface area contributed by atoms with Gasteiger partial charge in [0.15, 0.2) is 0 Å². The molecular weight excluding hydrogens is 272 g/mol. The van der Waals surface area contributed by atoms with Crippen molar-refractivity contribution in [1.82, 2.24) is 9.80 Å². The van der Waals surface area contributed by atoms with Gasteiger partial charge in [0.1, 0.15) is 5.88 Å². The fourth-order valence-corrected chi connectivity index (χ4v) is 3.07. The number of halogens is 1. The highest BCUT2D eigenvalue weighted by atomic mass is 35.5. The number of likely N-dealkylation sites (tertiary alicyclic amines) is 1. The number of likely N-dealkylation sites (N-methyl/N-ethyl adjacent to an activating group) is 1. The first-order valence-corrected chi connectivity index (χ1v) is 7.82. The highest BCUT2D eigenvalue weighted by Crippen LogP contribution is 2.19. The maximum atomic E-state index is 11.9. The first-order chi connectivity index (χ1) is 9.70. The van der Waals surface area contributed by atoms with Crippen molar-refractivity contribution in [3.63, 3.8) is 0 Å². The molecule has 0 spiro atoms. The quantitative estimate of drug-likeness (QED) is 0.780. The highest BCUT2D eigenvalue weighted by molar-refractivity contribution is 6.27. The Morgan fingerprint density at radius 3 is 2.80 bits per heavy atom. The monoisotopic (exact) mass is 294 g/mol. The molecule has 1 aromatic carbocycles. The van der Waals surface area contributed by atoms with E-state index in [1.807, 2.05) is 11.0 Å². The lowest BCUT2D eigenvalue weighted by molar-refractivity contribution is -0.132. The summed E-state index contributed by atoms with van der Waals surface area (Å²) in [4.78, 5) is 16.2. The molecule has 0 saturated carbocycles. The minimum atomic E-state index is 0.0736. The lowest BCUT2D eigenvalue weighted by Crippen LogP contribution is -2.49. The summed E-state index contributed by atoms with van der Waals surface area (Å²) < 4.78 is 0. The van der Waals surface area contributed by atoms with Crippen molar-refractivity contribution in [2.24, 2.45) is 0 Å². The topological polar surface area (TPSA) is 23.6 Å². The summed E-state index contributed by atoms with van der Waals surface area (Å²) in [6.45, 7) is 2.69.